The van der Waals surface area contributed by atoms with Crippen molar-refractivity contribution in [3.8, 4) is 16.7 Å². The lowest BCUT2D eigenvalue weighted by molar-refractivity contribution is 0.0991. The van der Waals surface area contributed by atoms with Crippen LogP contribution in [0, 0.1) is 17.2 Å². The average Bonchev–Trinajstić information content (AvgIpc) is 3.80. The molecule has 0 spiro atoms. The van der Waals surface area contributed by atoms with Crippen molar-refractivity contribution in [1.82, 2.24) is 14.5 Å². The van der Waals surface area contributed by atoms with E-state index >= 15 is 0 Å². The maximum Gasteiger partial charge on any atom is 0.268 e. The number of hydrogen-bond acceptors (Lipinski definition) is 8. The molecule has 0 unspecified atom stereocenters. The third kappa shape index (κ3) is 5.48. The van der Waals surface area contributed by atoms with E-state index in [1.54, 1.807) is 54.7 Å². The van der Waals surface area contributed by atoms with Gasteiger partial charge in [-0.15, -0.1) is 11.3 Å². The largest absolute Gasteiger partial charge is 0.443 e. The van der Waals surface area contributed by atoms with Crippen LogP contribution in [0.1, 0.15) is 38.4 Å². The Labute approximate surface area is 245 Å². The molecule has 1 aliphatic heterocycles. The minimum absolute atomic E-state index is 0.211. The number of nitrogens with zero attached hydrogens (tertiary/aromatic N) is 6. The van der Waals surface area contributed by atoms with E-state index in [1.165, 1.54) is 17.7 Å². The number of aryl methyl sites for hydroxylation is 1. The fourth-order valence-electron chi connectivity index (χ4n) is 4.76. The van der Waals surface area contributed by atoms with Crippen LogP contribution in [0.3, 0.4) is 0 Å². The minimum Gasteiger partial charge on any atom is -0.443 e. The molecule has 4 heterocycles. The molecule has 0 saturated heterocycles. The summed E-state index contributed by atoms with van der Waals surface area (Å²) in [6, 6.07) is 17.8. The molecule has 3 aromatic heterocycles. The van der Waals surface area contributed by atoms with Crippen LogP contribution in [0.2, 0.25) is 0 Å². The number of aliphatic imine (C=N–C) groups is 1. The SMILES string of the molecule is CN(C(=O)c1ccc(C#N)cc1)c1ccc2c(c1)nc(NC(=O)c1ccc(-c3cnco3)s1)n2CC[C@H]1C=NC=CC1. The van der Waals surface area contributed by atoms with Crippen molar-refractivity contribution in [2.45, 2.75) is 19.4 Å². The van der Waals surface area contributed by atoms with Gasteiger partial charge in [-0.3, -0.25) is 19.9 Å². The van der Waals surface area contributed by atoms with E-state index in [0.717, 1.165) is 23.2 Å². The fraction of sp³-hybridized carbons (Fsp3) is 0.161. The summed E-state index contributed by atoms with van der Waals surface area (Å²) in [7, 11) is 1.69. The van der Waals surface area contributed by atoms with Gasteiger partial charge in [-0.25, -0.2) is 9.97 Å². The van der Waals surface area contributed by atoms with Crippen molar-refractivity contribution in [2.75, 3.05) is 17.3 Å². The van der Waals surface area contributed by atoms with Crippen molar-refractivity contribution in [2.24, 2.45) is 10.9 Å². The summed E-state index contributed by atoms with van der Waals surface area (Å²) in [6.07, 6.45) is 10.5. The number of hydrogen-bond donors (Lipinski definition) is 1. The van der Waals surface area contributed by atoms with E-state index in [0.29, 0.717) is 45.5 Å². The van der Waals surface area contributed by atoms with Gasteiger partial charge >= 0.3 is 0 Å². The molecule has 1 atom stereocenters. The van der Waals surface area contributed by atoms with Crippen LogP contribution < -0.4 is 10.2 Å². The van der Waals surface area contributed by atoms with Gasteiger partial charge in [0.1, 0.15) is 0 Å². The van der Waals surface area contributed by atoms with Crippen LogP contribution in [0.4, 0.5) is 11.6 Å². The Hall–Kier alpha value is -5.34. The number of oxazole rings is 1. The number of anilines is 2. The highest BCUT2D eigenvalue weighted by molar-refractivity contribution is 7.17. The number of nitrogens with one attached hydrogen (secondary N) is 1. The molecule has 1 N–H and O–H groups in total. The molecule has 1 aliphatic rings. The third-order valence-corrected chi connectivity index (χ3v) is 8.16. The quantitative estimate of drug-likeness (QED) is 0.236. The topological polar surface area (TPSA) is 129 Å². The highest BCUT2D eigenvalue weighted by Crippen LogP contribution is 2.30. The van der Waals surface area contributed by atoms with Crippen LogP contribution in [0.25, 0.3) is 21.7 Å². The molecule has 0 radical (unpaired) electrons. The standard InChI is InChI=1S/C31H25N7O3S/c1-37(30(40)22-6-4-20(16-32)5-7-22)23-8-9-25-24(15-23)35-31(38(25)14-12-21-3-2-13-33-17-21)36-29(39)28-11-10-27(42-28)26-18-34-19-41-26/h2,4-11,13,15,17-19,21H,3,12,14H2,1H3,(H,35,36,39)/t21-/m0/s1. The molecule has 0 saturated carbocycles. The van der Waals surface area contributed by atoms with Gasteiger partial charge in [-0.05, 0) is 73.4 Å². The Bertz CT molecular complexity index is 1860. The van der Waals surface area contributed by atoms with E-state index < -0.39 is 0 Å². The molecular weight excluding hydrogens is 550 g/mol. The second-order valence-corrected chi connectivity index (χ2v) is 10.8. The lowest BCUT2D eigenvalue weighted by atomic mass is 10.0. The number of fused-ring (bicyclic) bond motifs is 1. The fourth-order valence-corrected chi connectivity index (χ4v) is 5.61. The zero-order valence-corrected chi connectivity index (χ0v) is 23.4. The highest BCUT2D eigenvalue weighted by atomic mass is 32.1. The smallest absolute Gasteiger partial charge is 0.268 e. The molecule has 0 fully saturated rings. The van der Waals surface area contributed by atoms with Gasteiger partial charge in [-0.2, -0.15) is 5.26 Å². The van der Waals surface area contributed by atoms with Crippen molar-refractivity contribution < 1.29 is 14.0 Å². The number of rotatable bonds is 8. The summed E-state index contributed by atoms with van der Waals surface area (Å²) < 4.78 is 7.36. The zero-order valence-electron chi connectivity index (χ0n) is 22.6. The Balaban J connectivity index is 1.29. The molecule has 5 aromatic rings. The second-order valence-electron chi connectivity index (χ2n) is 9.76. The normalized spacial score (nSPS) is 14.1. The summed E-state index contributed by atoms with van der Waals surface area (Å²) in [5.74, 6) is 0.815. The van der Waals surface area contributed by atoms with Crippen LogP contribution in [0.5, 0.6) is 0 Å². The molecular formula is C31H25N7O3S. The molecule has 208 valence electrons. The number of amides is 2. The number of carbonyl (C=O) groups is 2. The first kappa shape index (κ1) is 26.9. The molecule has 11 heteroatoms. The van der Waals surface area contributed by atoms with Crippen LogP contribution in [0.15, 0.2) is 88.9 Å². The zero-order chi connectivity index (χ0) is 29.1. The summed E-state index contributed by atoms with van der Waals surface area (Å²) in [5, 5.41) is 12.0. The van der Waals surface area contributed by atoms with Crippen LogP contribution in [-0.2, 0) is 6.54 Å². The van der Waals surface area contributed by atoms with Crippen LogP contribution >= 0.6 is 11.3 Å². The van der Waals surface area contributed by atoms with Crippen molar-refractivity contribution in [3.05, 3.63) is 95.5 Å². The van der Waals surface area contributed by atoms with Gasteiger partial charge in [-0.1, -0.05) is 6.08 Å². The first-order valence-electron chi connectivity index (χ1n) is 13.3. The van der Waals surface area contributed by atoms with E-state index in [2.05, 4.69) is 27.4 Å². The Morgan fingerprint density at radius 3 is 2.79 bits per heavy atom. The number of thiophene rings is 1. The van der Waals surface area contributed by atoms with Gasteiger partial charge in [0.2, 0.25) is 5.95 Å². The molecule has 6 rings (SSSR count). The number of allylic oxidation sites excluding steroid dienone is 1. The number of nitriles is 1. The van der Waals surface area contributed by atoms with Gasteiger partial charge in [0.05, 0.1) is 38.6 Å². The molecule has 10 nitrogen and oxygen atoms in total. The highest BCUT2D eigenvalue weighted by Gasteiger charge is 2.20. The molecule has 0 bridgehead atoms. The molecule has 42 heavy (non-hydrogen) atoms. The van der Waals surface area contributed by atoms with E-state index in [9.17, 15) is 9.59 Å². The minimum atomic E-state index is -0.280. The predicted octanol–water partition coefficient (Wildman–Crippen LogP) is 6.15. The van der Waals surface area contributed by atoms with E-state index in [1.807, 2.05) is 35.0 Å². The number of imidazole rings is 1. The maximum atomic E-state index is 13.3. The number of carbonyl (C=O) groups excluding carboxylic acids is 2. The monoisotopic (exact) mass is 575 g/mol. The lowest BCUT2D eigenvalue weighted by Crippen LogP contribution is -2.26. The molecule has 2 aromatic carbocycles. The summed E-state index contributed by atoms with van der Waals surface area (Å²) in [4.78, 5) is 42.3. The van der Waals surface area contributed by atoms with Crippen LogP contribution in [-0.4, -0.2) is 39.6 Å². The summed E-state index contributed by atoms with van der Waals surface area (Å²) >= 11 is 1.31. The maximum absolute atomic E-state index is 13.3. The van der Waals surface area contributed by atoms with Crippen molar-refractivity contribution in [3.63, 3.8) is 0 Å². The molecule has 2 amide bonds. The average molecular weight is 576 g/mol. The summed E-state index contributed by atoms with van der Waals surface area (Å²) in [6.45, 7) is 0.615. The van der Waals surface area contributed by atoms with Crippen molar-refractivity contribution >= 4 is 52.0 Å². The third-order valence-electron chi connectivity index (χ3n) is 7.07. The Kier molecular flexibility index (Phi) is 7.45. The van der Waals surface area contributed by atoms with E-state index in [-0.39, 0.29) is 17.7 Å². The summed E-state index contributed by atoms with van der Waals surface area (Å²) in [5.41, 5.74) is 3.10. The molecule has 0 aliphatic carbocycles. The Morgan fingerprint density at radius 1 is 1.19 bits per heavy atom. The van der Waals surface area contributed by atoms with Gasteiger partial charge in [0, 0.05) is 37.3 Å². The Morgan fingerprint density at radius 2 is 2.05 bits per heavy atom. The van der Waals surface area contributed by atoms with Crippen molar-refractivity contribution in [1.29, 1.82) is 5.26 Å². The van der Waals surface area contributed by atoms with Gasteiger partial charge < -0.3 is 13.9 Å². The number of benzene rings is 2. The van der Waals surface area contributed by atoms with Gasteiger partial charge in [0.15, 0.2) is 12.2 Å². The lowest BCUT2D eigenvalue weighted by Gasteiger charge is -2.18. The van der Waals surface area contributed by atoms with Gasteiger partial charge in [0.25, 0.3) is 11.8 Å². The first-order valence-corrected chi connectivity index (χ1v) is 14.1. The first-order chi connectivity index (χ1) is 20.5. The van der Waals surface area contributed by atoms with E-state index in [4.69, 9.17) is 14.7 Å². The number of aromatic nitrogens is 3. The second kappa shape index (κ2) is 11.6. The predicted molar refractivity (Wildman–Crippen MR) is 162 cm³/mol.